The van der Waals surface area contributed by atoms with Crippen LogP contribution in [0.2, 0.25) is 0 Å². The number of carboxylic acid groups (broad SMARTS) is 3. The topological polar surface area (TPSA) is 245 Å². The average molecular weight is 325 g/mol. The molecule has 1 atom stereocenters. The van der Waals surface area contributed by atoms with E-state index in [0.717, 1.165) is 0 Å². The van der Waals surface area contributed by atoms with Crippen molar-refractivity contribution in [1.82, 2.24) is 5.32 Å². The standard InChI is InChI=1S/C6H13N3O3.2C2H5NO2/c7-4(5(10)11)2-1-3-9-6(8)12;2*3-1-2(4)5/h4H,1-3,7H2,(H,10,11)(H3,8,9,12);2*1,3H2,(H,4,5). The third kappa shape index (κ3) is 30.5. The summed E-state index contributed by atoms with van der Waals surface area (Å²) in [6.07, 6.45) is 0.839. The van der Waals surface area contributed by atoms with Crippen molar-refractivity contribution < 1.29 is 34.5 Å². The Hall–Kier alpha value is -2.44. The molecular weight excluding hydrogens is 302 g/mol. The van der Waals surface area contributed by atoms with E-state index in [1.165, 1.54) is 0 Å². The monoisotopic (exact) mass is 325 g/mol. The minimum Gasteiger partial charge on any atom is -0.480 e. The highest BCUT2D eigenvalue weighted by Gasteiger charge is 2.09. The number of nitrogens with one attached hydrogen (secondary N) is 1. The molecule has 0 radical (unpaired) electrons. The molecule has 1 unspecified atom stereocenters. The number of amides is 2. The van der Waals surface area contributed by atoms with Crippen LogP contribution in [0, 0.1) is 0 Å². The molecule has 0 aliphatic heterocycles. The fraction of sp³-hybridized carbons (Fsp3) is 0.600. The van der Waals surface area contributed by atoms with Gasteiger partial charge in [-0.2, -0.15) is 0 Å². The van der Waals surface area contributed by atoms with Crippen LogP contribution in [0.25, 0.3) is 0 Å². The minimum absolute atomic E-state index is 0.278. The molecule has 2 amide bonds. The fourth-order valence-electron chi connectivity index (χ4n) is 0.657. The Bertz CT molecular complexity index is 337. The number of rotatable bonds is 7. The van der Waals surface area contributed by atoms with Crippen molar-refractivity contribution in [2.24, 2.45) is 22.9 Å². The normalized spacial score (nSPS) is 9.95. The number of aliphatic carboxylic acids is 3. The van der Waals surface area contributed by atoms with Gasteiger partial charge in [0.15, 0.2) is 0 Å². The first kappa shape index (κ1) is 24.6. The molecule has 12 heteroatoms. The highest BCUT2D eigenvalue weighted by molar-refractivity contribution is 5.73. The summed E-state index contributed by atoms with van der Waals surface area (Å²) >= 11 is 0. The lowest BCUT2D eigenvalue weighted by atomic mass is 10.2. The zero-order valence-electron chi connectivity index (χ0n) is 11.9. The van der Waals surface area contributed by atoms with Gasteiger partial charge < -0.3 is 43.6 Å². The van der Waals surface area contributed by atoms with Crippen LogP contribution in [0.3, 0.4) is 0 Å². The third-order valence-corrected chi connectivity index (χ3v) is 1.66. The molecule has 0 heterocycles. The van der Waals surface area contributed by atoms with Crippen LogP contribution in [-0.2, 0) is 14.4 Å². The Labute approximate surface area is 126 Å². The molecule has 130 valence electrons. The molecule has 22 heavy (non-hydrogen) atoms. The van der Waals surface area contributed by atoms with Crippen molar-refractivity contribution in [3.63, 3.8) is 0 Å². The number of carbonyl (C=O) groups excluding carboxylic acids is 1. The Kier molecular flexibility index (Phi) is 18.6. The summed E-state index contributed by atoms with van der Waals surface area (Å²) < 4.78 is 0. The molecule has 0 aromatic heterocycles. The second-order valence-corrected chi connectivity index (χ2v) is 3.57. The van der Waals surface area contributed by atoms with Gasteiger partial charge in [-0.05, 0) is 12.8 Å². The highest BCUT2D eigenvalue weighted by Crippen LogP contribution is 1.92. The molecule has 0 aliphatic rings. The van der Waals surface area contributed by atoms with Gasteiger partial charge in [-0.3, -0.25) is 14.4 Å². The molecule has 12 N–H and O–H groups in total. The fourth-order valence-corrected chi connectivity index (χ4v) is 0.657. The van der Waals surface area contributed by atoms with Gasteiger partial charge in [-0.15, -0.1) is 0 Å². The maximum absolute atomic E-state index is 10.2. The van der Waals surface area contributed by atoms with E-state index < -0.39 is 30.0 Å². The number of hydrogen-bond acceptors (Lipinski definition) is 7. The van der Waals surface area contributed by atoms with Crippen LogP contribution < -0.4 is 28.3 Å². The average Bonchev–Trinajstić information content (AvgIpc) is 2.44. The van der Waals surface area contributed by atoms with Crippen molar-refractivity contribution in [1.29, 1.82) is 0 Å². The Morgan fingerprint density at radius 2 is 1.32 bits per heavy atom. The van der Waals surface area contributed by atoms with Gasteiger partial charge >= 0.3 is 23.9 Å². The van der Waals surface area contributed by atoms with Crippen LogP contribution in [0.15, 0.2) is 0 Å². The van der Waals surface area contributed by atoms with Crippen LogP contribution >= 0.6 is 0 Å². The van der Waals surface area contributed by atoms with E-state index in [1.807, 2.05) is 0 Å². The smallest absolute Gasteiger partial charge is 0.320 e. The molecular formula is C10H23N5O7. The summed E-state index contributed by atoms with van der Waals surface area (Å²) in [6, 6.07) is -1.47. The van der Waals surface area contributed by atoms with Gasteiger partial charge in [0.1, 0.15) is 6.04 Å². The first-order chi connectivity index (χ1) is 10.1. The van der Waals surface area contributed by atoms with Gasteiger partial charge in [0.05, 0.1) is 13.1 Å². The van der Waals surface area contributed by atoms with E-state index in [1.54, 1.807) is 0 Å². The van der Waals surface area contributed by atoms with Crippen molar-refractivity contribution in [3.8, 4) is 0 Å². The zero-order valence-corrected chi connectivity index (χ0v) is 11.9. The molecule has 0 fully saturated rings. The second kappa shape index (κ2) is 16.6. The number of primary amides is 1. The van der Waals surface area contributed by atoms with E-state index in [4.69, 9.17) is 26.8 Å². The molecule has 0 bridgehead atoms. The number of urea groups is 1. The lowest BCUT2D eigenvalue weighted by Gasteiger charge is -2.05. The van der Waals surface area contributed by atoms with Crippen LogP contribution in [0.4, 0.5) is 4.79 Å². The molecule has 0 saturated carbocycles. The highest BCUT2D eigenvalue weighted by atomic mass is 16.4. The second-order valence-electron chi connectivity index (χ2n) is 3.57. The first-order valence-electron chi connectivity index (χ1n) is 5.93. The summed E-state index contributed by atoms with van der Waals surface area (Å²) in [6.45, 7) is -0.198. The van der Waals surface area contributed by atoms with Crippen molar-refractivity contribution in [2.45, 2.75) is 18.9 Å². The lowest BCUT2D eigenvalue weighted by molar-refractivity contribution is -0.139. The summed E-state index contributed by atoms with van der Waals surface area (Å²) in [5.41, 5.74) is 19.1. The SMILES string of the molecule is NC(=O)NCCCC(N)C(=O)O.NCC(=O)O.NCC(=O)O. The van der Waals surface area contributed by atoms with Crippen LogP contribution in [-0.4, -0.2) is 64.9 Å². The molecule has 0 aromatic rings. The van der Waals surface area contributed by atoms with Gasteiger partial charge in [-0.1, -0.05) is 0 Å². The summed E-state index contributed by atoms with van der Waals surface area (Å²) in [7, 11) is 0. The number of hydrogen-bond donors (Lipinski definition) is 8. The van der Waals surface area contributed by atoms with Crippen LogP contribution in [0.1, 0.15) is 12.8 Å². The third-order valence-electron chi connectivity index (χ3n) is 1.66. The number of carbonyl (C=O) groups is 4. The van der Waals surface area contributed by atoms with Gasteiger partial charge in [0.25, 0.3) is 0 Å². The number of nitrogens with two attached hydrogens (primary N) is 4. The molecule has 0 aromatic carbocycles. The van der Waals surface area contributed by atoms with E-state index in [9.17, 15) is 19.2 Å². The molecule has 0 rings (SSSR count). The lowest BCUT2D eigenvalue weighted by Crippen LogP contribution is -2.33. The molecule has 0 aliphatic carbocycles. The minimum atomic E-state index is -1.03. The predicted molar refractivity (Wildman–Crippen MR) is 75.8 cm³/mol. The molecule has 0 saturated heterocycles. The predicted octanol–water partition coefficient (Wildman–Crippen LogP) is -3.09. The quantitative estimate of drug-likeness (QED) is 0.219. The Balaban J connectivity index is -0.000000298. The maximum Gasteiger partial charge on any atom is 0.320 e. The van der Waals surface area contributed by atoms with Crippen LogP contribution in [0.5, 0.6) is 0 Å². The van der Waals surface area contributed by atoms with Crippen molar-refractivity contribution in [3.05, 3.63) is 0 Å². The van der Waals surface area contributed by atoms with E-state index in [0.29, 0.717) is 19.4 Å². The number of carboxylic acids is 3. The maximum atomic E-state index is 10.2. The van der Waals surface area contributed by atoms with E-state index in [2.05, 4.69) is 16.8 Å². The largest absolute Gasteiger partial charge is 0.480 e. The van der Waals surface area contributed by atoms with Gasteiger partial charge in [0.2, 0.25) is 0 Å². The van der Waals surface area contributed by atoms with E-state index >= 15 is 0 Å². The first-order valence-corrected chi connectivity index (χ1v) is 5.93. The Morgan fingerprint density at radius 1 is 0.955 bits per heavy atom. The summed E-state index contributed by atoms with van der Waals surface area (Å²) in [5.74, 6) is -2.97. The Morgan fingerprint density at radius 3 is 1.55 bits per heavy atom. The summed E-state index contributed by atoms with van der Waals surface area (Å²) in [4.78, 5) is 38.8. The van der Waals surface area contributed by atoms with Crippen molar-refractivity contribution >= 4 is 23.9 Å². The van der Waals surface area contributed by atoms with Gasteiger partial charge in [-0.25, -0.2) is 4.79 Å². The van der Waals surface area contributed by atoms with Gasteiger partial charge in [0, 0.05) is 6.54 Å². The summed E-state index contributed by atoms with van der Waals surface area (Å²) in [5, 5.41) is 25.9. The van der Waals surface area contributed by atoms with Crippen molar-refractivity contribution in [2.75, 3.05) is 19.6 Å². The van der Waals surface area contributed by atoms with E-state index in [-0.39, 0.29) is 13.1 Å². The molecule has 12 nitrogen and oxygen atoms in total. The zero-order chi connectivity index (χ0) is 18.1. The molecule has 0 spiro atoms.